The summed E-state index contributed by atoms with van der Waals surface area (Å²) in [6.45, 7) is 6.69. The number of hydrogen-bond donors (Lipinski definition) is 1. The number of hydrogen-bond acceptors (Lipinski definition) is 3. The Labute approximate surface area is 146 Å². The van der Waals surface area contributed by atoms with E-state index in [9.17, 15) is 4.79 Å². The van der Waals surface area contributed by atoms with Crippen LogP contribution in [0.25, 0.3) is 0 Å². The van der Waals surface area contributed by atoms with E-state index in [2.05, 4.69) is 41.2 Å². The van der Waals surface area contributed by atoms with Gasteiger partial charge in [0.15, 0.2) is 0 Å². The Bertz CT molecular complexity index is 552. The van der Waals surface area contributed by atoms with E-state index in [1.54, 1.807) is 0 Å². The summed E-state index contributed by atoms with van der Waals surface area (Å²) in [4.78, 5) is 17.5. The molecular weight excluding hydrogens is 298 g/mol. The van der Waals surface area contributed by atoms with Crippen LogP contribution in [0.1, 0.15) is 36.8 Å². The number of rotatable bonds is 4. The number of benzene rings is 1. The Morgan fingerprint density at radius 3 is 2.67 bits per heavy atom. The molecule has 0 aromatic heterocycles. The van der Waals surface area contributed by atoms with E-state index in [0.29, 0.717) is 18.5 Å². The van der Waals surface area contributed by atoms with Crippen molar-refractivity contribution in [2.75, 3.05) is 33.2 Å². The number of carbonyl (C=O) groups is 1. The molecule has 2 saturated heterocycles. The van der Waals surface area contributed by atoms with Gasteiger partial charge in [-0.05, 0) is 70.4 Å². The van der Waals surface area contributed by atoms with Crippen molar-refractivity contribution in [1.82, 2.24) is 15.1 Å². The van der Waals surface area contributed by atoms with Crippen LogP contribution in [0, 0.1) is 6.92 Å². The summed E-state index contributed by atoms with van der Waals surface area (Å²) in [5.41, 5.74) is 2.34. The molecule has 132 valence electrons. The number of likely N-dealkylation sites (tertiary alicyclic amines) is 2. The van der Waals surface area contributed by atoms with Gasteiger partial charge in [0, 0.05) is 18.6 Å². The monoisotopic (exact) mass is 329 g/mol. The third kappa shape index (κ3) is 4.58. The summed E-state index contributed by atoms with van der Waals surface area (Å²) in [7, 11) is 2.21. The van der Waals surface area contributed by atoms with Crippen molar-refractivity contribution in [3.05, 3.63) is 35.4 Å². The summed E-state index contributed by atoms with van der Waals surface area (Å²) in [6, 6.07) is 9.19. The lowest BCUT2D eigenvalue weighted by molar-refractivity contribution is -0.121. The predicted molar refractivity (Wildman–Crippen MR) is 98.1 cm³/mol. The van der Waals surface area contributed by atoms with Gasteiger partial charge in [0.05, 0.1) is 6.42 Å². The van der Waals surface area contributed by atoms with Crippen molar-refractivity contribution in [3.63, 3.8) is 0 Å². The average Bonchev–Trinajstić information content (AvgIpc) is 2.58. The normalized spacial score (nSPS) is 24.0. The standard InChI is InChI=1S/C20H31N3O/c1-16-6-3-4-7-17(16)14-20(24)21-18-8-5-11-23(15-18)19-9-12-22(2)13-10-19/h3-4,6-7,18-19H,5,8-15H2,1-2H3,(H,21,24)/t18-/m1/s1. The van der Waals surface area contributed by atoms with Crippen molar-refractivity contribution < 1.29 is 4.79 Å². The molecule has 1 atom stereocenters. The van der Waals surface area contributed by atoms with Crippen LogP contribution < -0.4 is 5.32 Å². The highest BCUT2D eigenvalue weighted by Gasteiger charge is 2.28. The predicted octanol–water partition coefficient (Wildman–Crippen LogP) is 2.21. The Hall–Kier alpha value is -1.39. The Kier molecular flexibility index (Phi) is 5.90. The first-order chi connectivity index (χ1) is 11.6. The third-order valence-corrected chi connectivity index (χ3v) is 5.63. The minimum absolute atomic E-state index is 0.166. The molecule has 4 heteroatoms. The Morgan fingerprint density at radius 1 is 1.17 bits per heavy atom. The molecule has 3 rings (SSSR count). The lowest BCUT2D eigenvalue weighted by atomic mass is 9.98. The highest BCUT2D eigenvalue weighted by atomic mass is 16.1. The van der Waals surface area contributed by atoms with E-state index in [0.717, 1.165) is 18.5 Å². The van der Waals surface area contributed by atoms with Gasteiger partial charge in [-0.15, -0.1) is 0 Å². The van der Waals surface area contributed by atoms with Crippen LogP contribution in [-0.2, 0) is 11.2 Å². The molecule has 0 unspecified atom stereocenters. The number of aryl methyl sites for hydroxylation is 1. The zero-order valence-electron chi connectivity index (χ0n) is 15.1. The van der Waals surface area contributed by atoms with Crippen LogP contribution in [0.2, 0.25) is 0 Å². The number of amides is 1. The first-order valence-electron chi connectivity index (χ1n) is 9.38. The van der Waals surface area contributed by atoms with Crippen molar-refractivity contribution in [2.45, 2.75) is 51.1 Å². The van der Waals surface area contributed by atoms with E-state index in [1.165, 1.54) is 44.5 Å². The fourth-order valence-electron chi connectivity index (χ4n) is 4.08. The minimum atomic E-state index is 0.166. The second kappa shape index (κ2) is 8.13. The van der Waals surface area contributed by atoms with Gasteiger partial charge in [-0.1, -0.05) is 24.3 Å². The van der Waals surface area contributed by atoms with Crippen LogP contribution in [-0.4, -0.2) is 61.0 Å². The molecule has 0 saturated carbocycles. The number of nitrogens with one attached hydrogen (secondary N) is 1. The molecular formula is C20H31N3O. The molecule has 24 heavy (non-hydrogen) atoms. The lowest BCUT2D eigenvalue weighted by Gasteiger charge is -2.41. The maximum absolute atomic E-state index is 12.4. The van der Waals surface area contributed by atoms with Gasteiger partial charge in [-0.2, -0.15) is 0 Å². The van der Waals surface area contributed by atoms with Gasteiger partial charge in [-0.25, -0.2) is 0 Å². The van der Waals surface area contributed by atoms with E-state index in [-0.39, 0.29) is 5.91 Å². The van der Waals surface area contributed by atoms with E-state index in [4.69, 9.17) is 0 Å². The summed E-state index contributed by atoms with van der Waals surface area (Å²) in [6.07, 6.45) is 5.34. The fraction of sp³-hybridized carbons (Fsp3) is 0.650. The zero-order chi connectivity index (χ0) is 16.9. The zero-order valence-corrected chi connectivity index (χ0v) is 15.1. The molecule has 2 aliphatic rings. The molecule has 1 amide bonds. The maximum atomic E-state index is 12.4. The molecule has 0 bridgehead atoms. The summed E-state index contributed by atoms with van der Waals surface area (Å²) in [5, 5.41) is 3.28. The molecule has 1 N–H and O–H groups in total. The van der Waals surface area contributed by atoms with Gasteiger partial charge < -0.3 is 10.2 Å². The molecule has 2 heterocycles. The van der Waals surface area contributed by atoms with E-state index in [1.807, 2.05) is 12.1 Å². The third-order valence-electron chi connectivity index (χ3n) is 5.63. The lowest BCUT2D eigenvalue weighted by Crippen LogP contribution is -2.53. The Morgan fingerprint density at radius 2 is 1.92 bits per heavy atom. The van der Waals surface area contributed by atoms with Crippen LogP contribution in [0.5, 0.6) is 0 Å². The fourth-order valence-corrected chi connectivity index (χ4v) is 4.08. The minimum Gasteiger partial charge on any atom is -0.352 e. The first kappa shape index (κ1) is 17.4. The van der Waals surface area contributed by atoms with Crippen LogP contribution in [0.4, 0.5) is 0 Å². The van der Waals surface area contributed by atoms with Crippen LogP contribution in [0.3, 0.4) is 0 Å². The van der Waals surface area contributed by atoms with Gasteiger partial charge >= 0.3 is 0 Å². The molecule has 2 fully saturated rings. The number of nitrogens with zero attached hydrogens (tertiary/aromatic N) is 2. The number of carbonyl (C=O) groups excluding carboxylic acids is 1. The smallest absolute Gasteiger partial charge is 0.224 e. The highest BCUT2D eigenvalue weighted by Crippen LogP contribution is 2.20. The van der Waals surface area contributed by atoms with Crippen LogP contribution >= 0.6 is 0 Å². The van der Waals surface area contributed by atoms with Crippen molar-refractivity contribution in [1.29, 1.82) is 0 Å². The first-order valence-corrected chi connectivity index (χ1v) is 9.38. The van der Waals surface area contributed by atoms with Crippen molar-refractivity contribution in [3.8, 4) is 0 Å². The highest BCUT2D eigenvalue weighted by molar-refractivity contribution is 5.79. The molecule has 0 aliphatic carbocycles. The van der Waals surface area contributed by atoms with Crippen molar-refractivity contribution >= 4 is 5.91 Å². The largest absolute Gasteiger partial charge is 0.352 e. The Balaban J connectivity index is 1.50. The summed E-state index contributed by atoms with van der Waals surface area (Å²) >= 11 is 0. The van der Waals surface area contributed by atoms with Crippen molar-refractivity contribution in [2.24, 2.45) is 0 Å². The molecule has 0 spiro atoms. The van der Waals surface area contributed by atoms with E-state index >= 15 is 0 Å². The molecule has 0 radical (unpaired) electrons. The van der Waals surface area contributed by atoms with Gasteiger partial charge in [0.2, 0.25) is 5.91 Å². The maximum Gasteiger partial charge on any atom is 0.224 e. The SMILES string of the molecule is Cc1ccccc1CC(=O)N[C@@H]1CCCN(C2CCN(C)CC2)C1. The quantitative estimate of drug-likeness (QED) is 0.920. The summed E-state index contributed by atoms with van der Waals surface area (Å²) in [5.74, 6) is 0.166. The van der Waals surface area contributed by atoms with E-state index < -0.39 is 0 Å². The molecule has 1 aromatic rings. The second-order valence-electron chi connectivity index (χ2n) is 7.54. The van der Waals surface area contributed by atoms with Gasteiger partial charge in [0.25, 0.3) is 0 Å². The molecule has 4 nitrogen and oxygen atoms in total. The number of piperidine rings is 2. The summed E-state index contributed by atoms with van der Waals surface area (Å²) < 4.78 is 0. The van der Waals surface area contributed by atoms with Crippen LogP contribution in [0.15, 0.2) is 24.3 Å². The second-order valence-corrected chi connectivity index (χ2v) is 7.54. The van der Waals surface area contributed by atoms with Gasteiger partial charge in [0.1, 0.15) is 0 Å². The molecule has 2 aliphatic heterocycles. The molecule has 1 aromatic carbocycles. The average molecular weight is 329 g/mol. The topological polar surface area (TPSA) is 35.6 Å². The van der Waals surface area contributed by atoms with Gasteiger partial charge in [-0.3, -0.25) is 9.69 Å².